The molecule has 0 spiro atoms. The van der Waals surface area contributed by atoms with Gasteiger partial charge in [-0.1, -0.05) is 30.3 Å². The Balaban J connectivity index is 2.27. The van der Waals surface area contributed by atoms with Crippen molar-refractivity contribution in [1.29, 1.82) is 0 Å². The summed E-state index contributed by atoms with van der Waals surface area (Å²) in [5.41, 5.74) is 5.97. The van der Waals surface area contributed by atoms with Gasteiger partial charge in [0.1, 0.15) is 6.10 Å². The molecule has 0 fully saturated rings. The topological polar surface area (TPSA) is 92.4 Å². The van der Waals surface area contributed by atoms with E-state index in [-0.39, 0.29) is 6.42 Å². The van der Waals surface area contributed by atoms with Crippen molar-refractivity contribution < 1.29 is 14.7 Å². The molecule has 0 aliphatic rings. The van der Waals surface area contributed by atoms with Gasteiger partial charge in [0.25, 0.3) is 0 Å². The molecule has 0 aromatic heterocycles. The highest BCUT2D eigenvalue weighted by molar-refractivity contribution is 5.86. The summed E-state index contributed by atoms with van der Waals surface area (Å²) >= 11 is 0. The van der Waals surface area contributed by atoms with Gasteiger partial charge in [-0.05, 0) is 12.0 Å². The molecule has 2 amide bonds. The third-order valence-electron chi connectivity index (χ3n) is 2.25. The predicted molar refractivity (Wildman–Crippen MR) is 63.0 cm³/mol. The monoisotopic (exact) mass is 236 g/mol. The second kappa shape index (κ2) is 6.65. The number of nitrogens with two attached hydrogens (primary N) is 1. The van der Waals surface area contributed by atoms with E-state index in [1.165, 1.54) is 0 Å². The van der Waals surface area contributed by atoms with E-state index < -0.39 is 17.9 Å². The number of rotatable bonds is 6. The lowest BCUT2D eigenvalue weighted by Gasteiger charge is -2.09. The van der Waals surface area contributed by atoms with Gasteiger partial charge in [-0.15, -0.1) is 0 Å². The minimum atomic E-state index is -1.36. The summed E-state index contributed by atoms with van der Waals surface area (Å²) in [6, 6.07) is 9.65. The highest BCUT2D eigenvalue weighted by Crippen LogP contribution is 1.98. The number of hydrogen-bond donors (Lipinski definition) is 3. The molecule has 0 aliphatic heterocycles. The fourth-order valence-electron chi connectivity index (χ4n) is 1.38. The van der Waals surface area contributed by atoms with E-state index in [9.17, 15) is 14.7 Å². The molecule has 1 rings (SSSR count). The minimum absolute atomic E-state index is 0.350. The van der Waals surface area contributed by atoms with Crippen LogP contribution >= 0.6 is 0 Å². The van der Waals surface area contributed by atoms with Crippen LogP contribution in [0.15, 0.2) is 30.3 Å². The number of carbonyl (C=O) groups excluding carboxylic acids is 2. The van der Waals surface area contributed by atoms with Crippen LogP contribution in [0.1, 0.15) is 12.0 Å². The van der Waals surface area contributed by atoms with Crippen LogP contribution in [0.4, 0.5) is 0 Å². The Kier molecular flexibility index (Phi) is 5.16. The molecule has 1 atom stereocenters. The van der Waals surface area contributed by atoms with Crippen molar-refractivity contribution in [2.75, 3.05) is 6.54 Å². The van der Waals surface area contributed by atoms with E-state index in [1.807, 2.05) is 30.3 Å². The van der Waals surface area contributed by atoms with Crippen LogP contribution in [0, 0.1) is 0 Å². The van der Waals surface area contributed by atoms with Gasteiger partial charge in [-0.2, -0.15) is 0 Å². The highest BCUT2D eigenvalue weighted by atomic mass is 16.3. The predicted octanol–water partition coefficient (Wildman–Crippen LogP) is -0.418. The Bertz CT molecular complexity index is 379. The zero-order chi connectivity index (χ0) is 12.7. The standard InChI is InChI=1S/C12H16N2O3/c13-11(16)8-10(15)12(17)14-7-6-9-4-2-1-3-5-9/h1-5,10,15H,6-8H2,(H2,13,16)(H,14,17)/t10-/m1/s1. The summed E-state index contributed by atoms with van der Waals surface area (Å²) in [6.45, 7) is 0.415. The van der Waals surface area contributed by atoms with Crippen molar-refractivity contribution in [1.82, 2.24) is 5.32 Å². The quantitative estimate of drug-likeness (QED) is 0.626. The van der Waals surface area contributed by atoms with E-state index in [0.717, 1.165) is 5.56 Å². The van der Waals surface area contributed by atoms with Crippen LogP contribution in [-0.4, -0.2) is 29.6 Å². The van der Waals surface area contributed by atoms with E-state index in [1.54, 1.807) is 0 Å². The molecular weight excluding hydrogens is 220 g/mol. The molecule has 0 bridgehead atoms. The third-order valence-corrected chi connectivity index (χ3v) is 2.25. The molecule has 0 saturated carbocycles. The molecule has 0 aliphatic carbocycles. The molecule has 1 aromatic rings. The van der Waals surface area contributed by atoms with Crippen LogP contribution < -0.4 is 11.1 Å². The van der Waals surface area contributed by atoms with Crippen molar-refractivity contribution in [3.05, 3.63) is 35.9 Å². The van der Waals surface area contributed by atoms with Gasteiger partial charge in [0.15, 0.2) is 0 Å². The summed E-state index contributed by atoms with van der Waals surface area (Å²) < 4.78 is 0. The first kappa shape index (κ1) is 13.2. The van der Waals surface area contributed by atoms with Gasteiger partial charge >= 0.3 is 0 Å². The summed E-state index contributed by atoms with van der Waals surface area (Å²) in [7, 11) is 0. The van der Waals surface area contributed by atoms with Crippen LogP contribution in [0.25, 0.3) is 0 Å². The first-order chi connectivity index (χ1) is 8.09. The maximum atomic E-state index is 11.3. The number of aliphatic hydroxyl groups excluding tert-OH is 1. The normalized spacial score (nSPS) is 11.8. The van der Waals surface area contributed by atoms with Gasteiger partial charge in [0.05, 0.1) is 6.42 Å². The fraction of sp³-hybridized carbons (Fsp3) is 0.333. The van der Waals surface area contributed by atoms with Crippen LogP contribution in [-0.2, 0) is 16.0 Å². The molecule has 0 radical (unpaired) electrons. The lowest BCUT2D eigenvalue weighted by atomic mass is 10.1. The molecule has 5 heteroatoms. The number of primary amides is 1. The molecule has 17 heavy (non-hydrogen) atoms. The summed E-state index contributed by atoms with van der Waals surface area (Å²) in [4.78, 5) is 21.8. The van der Waals surface area contributed by atoms with Crippen molar-refractivity contribution in [2.24, 2.45) is 5.73 Å². The van der Waals surface area contributed by atoms with Gasteiger partial charge in [-0.3, -0.25) is 9.59 Å². The molecule has 92 valence electrons. The summed E-state index contributed by atoms with van der Waals surface area (Å²) in [5.74, 6) is -1.27. The lowest BCUT2D eigenvalue weighted by molar-refractivity contribution is -0.133. The van der Waals surface area contributed by atoms with Crippen molar-refractivity contribution >= 4 is 11.8 Å². The average molecular weight is 236 g/mol. The smallest absolute Gasteiger partial charge is 0.249 e. The van der Waals surface area contributed by atoms with E-state index >= 15 is 0 Å². The van der Waals surface area contributed by atoms with Gasteiger partial charge in [0.2, 0.25) is 11.8 Å². The molecule has 0 unspecified atom stereocenters. The molecule has 0 saturated heterocycles. The second-order valence-electron chi connectivity index (χ2n) is 3.71. The number of aliphatic hydroxyl groups is 1. The minimum Gasteiger partial charge on any atom is -0.383 e. The molecular formula is C12H16N2O3. The maximum Gasteiger partial charge on any atom is 0.249 e. The van der Waals surface area contributed by atoms with Crippen LogP contribution in [0.2, 0.25) is 0 Å². The average Bonchev–Trinajstić information content (AvgIpc) is 2.29. The van der Waals surface area contributed by atoms with Crippen LogP contribution in [0.3, 0.4) is 0 Å². The van der Waals surface area contributed by atoms with Crippen molar-refractivity contribution in [3.63, 3.8) is 0 Å². The summed E-state index contributed by atoms with van der Waals surface area (Å²) in [5, 5.41) is 11.8. The van der Waals surface area contributed by atoms with Gasteiger partial charge < -0.3 is 16.2 Å². The van der Waals surface area contributed by atoms with Crippen molar-refractivity contribution in [2.45, 2.75) is 18.9 Å². The second-order valence-corrected chi connectivity index (χ2v) is 3.71. The first-order valence-electron chi connectivity index (χ1n) is 5.37. The SMILES string of the molecule is NC(=O)C[C@@H](O)C(=O)NCCc1ccccc1. The number of carbonyl (C=O) groups is 2. The van der Waals surface area contributed by atoms with Gasteiger partial charge in [0, 0.05) is 6.54 Å². The Labute approximate surface area is 99.6 Å². The zero-order valence-electron chi connectivity index (χ0n) is 9.43. The zero-order valence-corrected chi connectivity index (χ0v) is 9.43. The highest BCUT2D eigenvalue weighted by Gasteiger charge is 2.16. The van der Waals surface area contributed by atoms with Gasteiger partial charge in [-0.25, -0.2) is 0 Å². The number of nitrogens with one attached hydrogen (secondary N) is 1. The molecule has 5 nitrogen and oxygen atoms in total. The first-order valence-corrected chi connectivity index (χ1v) is 5.37. The molecule has 1 aromatic carbocycles. The van der Waals surface area contributed by atoms with Crippen LogP contribution in [0.5, 0.6) is 0 Å². The molecule has 0 heterocycles. The third kappa shape index (κ3) is 5.12. The Morgan fingerprint density at radius 2 is 1.94 bits per heavy atom. The van der Waals surface area contributed by atoms with Crippen molar-refractivity contribution in [3.8, 4) is 0 Å². The summed E-state index contributed by atoms with van der Waals surface area (Å²) in [6.07, 6.45) is -1.03. The Hall–Kier alpha value is -1.88. The number of amides is 2. The lowest BCUT2D eigenvalue weighted by Crippen LogP contribution is -2.38. The fourth-order valence-corrected chi connectivity index (χ4v) is 1.38. The number of benzene rings is 1. The Morgan fingerprint density at radius 3 is 2.53 bits per heavy atom. The molecule has 4 N–H and O–H groups in total. The van der Waals surface area contributed by atoms with E-state index in [4.69, 9.17) is 5.73 Å². The van der Waals surface area contributed by atoms with E-state index in [2.05, 4.69) is 5.32 Å². The largest absolute Gasteiger partial charge is 0.383 e. The van der Waals surface area contributed by atoms with E-state index in [0.29, 0.717) is 13.0 Å². The Morgan fingerprint density at radius 1 is 1.29 bits per heavy atom. The maximum absolute atomic E-state index is 11.3. The number of hydrogen-bond acceptors (Lipinski definition) is 3.